The van der Waals surface area contributed by atoms with Crippen LogP contribution in [0.5, 0.6) is 5.75 Å². The Kier molecular flexibility index (Phi) is 2.32. The third-order valence-electron chi connectivity index (χ3n) is 1.44. The van der Waals surface area contributed by atoms with Gasteiger partial charge in [-0.1, -0.05) is 0 Å². The molecule has 0 aliphatic rings. The molecule has 0 radical (unpaired) electrons. The van der Waals surface area contributed by atoms with Crippen molar-refractivity contribution in [2.45, 2.75) is 0 Å². The Balaban J connectivity index is 2.45. The highest BCUT2D eigenvalue weighted by Gasteiger charge is 2.13. The summed E-state index contributed by atoms with van der Waals surface area (Å²) < 4.78 is 10.5. The lowest BCUT2D eigenvalue weighted by molar-refractivity contribution is 0.406. The molecule has 0 aliphatic carbocycles. The second-order valence-corrected chi connectivity index (χ2v) is 3.81. The van der Waals surface area contributed by atoms with Crippen LogP contribution in [-0.4, -0.2) is 17.3 Å². The van der Waals surface area contributed by atoms with E-state index in [4.69, 9.17) is 9.26 Å². The van der Waals surface area contributed by atoms with Crippen LogP contribution in [0.1, 0.15) is 0 Å². The molecular formula is C7H5BrN2O2S. The third kappa shape index (κ3) is 1.59. The number of nitrogens with zero attached hydrogens (tertiary/aromatic N) is 2. The number of thiophene rings is 1. The first-order chi connectivity index (χ1) is 6.31. The first-order valence-corrected chi connectivity index (χ1v) is 5.09. The van der Waals surface area contributed by atoms with Crippen molar-refractivity contribution in [3.05, 3.63) is 16.2 Å². The summed E-state index contributed by atoms with van der Waals surface area (Å²) in [6, 6.07) is 1.86. The topological polar surface area (TPSA) is 48.2 Å². The van der Waals surface area contributed by atoms with Crippen LogP contribution in [-0.2, 0) is 0 Å². The minimum atomic E-state index is 0.443. The zero-order valence-electron chi connectivity index (χ0n) is 6.65. The van der Waals surface area contributed by atoms with Gasteiger partial charge in [-0.2, -0.15) is 4.98 Å². The summed E-state index contributed by atoms with van der Waals surface area (Å²) >= 11 is 4.61. The average molecular weight is 261 g/mol. The van der Waals surface area contributed by atoms with E-state index >= 15 is 0 Å². The number of ether oxygens (including phenoxy) is 1. The molecule has 0 N–H and O–H groups in total. The van der Waals surface area contributed by atoms with Crippen molar-refractivity contribution in [1.82, 2.24) is 10.1 Å². The summed E-state index contributed by atoms with van der Waals surface area (Å²) in [5.74, 6) is 1.22. The molecule has 4 nitrogen and oxygen atoms in total. The lowest BCUT2D eigenvalue weighted by Crippen LogP contribution is -1.81. The van der Waals surface area contributed by atoms with Crippen molar-refractivity contribution in [3.8, 4) is 16.5 Å². The van der Waals surface area contributed by atoms with Gasteiger partial charge in [-0.3, -0.25) is 0 Å². The summed E-state index contributed by atoms with van der Waals surface area (Å²) in [4.78, 5) is 4.88. The van der Waals surface area contributed by atoms with Gasteiger partial charge in [-0.25, -0.2) is 0 Å². The first-order valence-electron chi connectivity index (χ1n) is 3.42. The van der Waals surface area contributed by atoms with Crippen LogP contribution < -0.4 is 4.74 Å². The number of aromatic nitrogens is 2. The Bertz CT molecular complexity index is 412. The molecule has 0 amide bonds. The van der Waals surface area contributed by atoms with Crippen LogP contribution in [0.15, 0.2) is 20.7 Å². The van der Waals surface area contributed by atoms with Gasteiger partial charge in [0.15, 0.2) is 0 Å². The molecule has 68 valence electrons. The Morgan fingerprint density at radius 2 is 2.46 bits per heavy atom. The number of hydrogen-bond donors (Lipinski definition) is 0. The van der Waals surface area contributed by atoms with Gasteiger partial charge in [-0.15, -0.1) is 11.3 Å². The van der Waals surface area contributed by atoms with E-state index in [0.29, 0.717) is 10.6 Å². The minimum absolute atomic E-state index is 0.443. The number of rotatable bonds is 2. The SMILES string of the molecule is COc1ccsc1-c1nc(Br)no1. The van der Waals surface area contributed by atoms with Crippen LogP contribution >= 0.6 is 27.3 Å². The zero-order valence-corrected chi connectivity index (χ0v) is 9.05. The second-order valence-electron chi connectivity index (χ2n) is 2.19. The molecule has 0 saturated carbocycles. The standard InChI is InChI=1S/C7H5BrN2O2S/c1-11-4-2-3-13-5(4)6-9-7(8)10-12-6/h2-3H,1H3. The molecular weight excluding hydrogens is 256 g/mol. The maximum absolute atomic E-state index is 5.12. The molecule has 0 bridgehead atoms. The Hall–Kier alpha value is -0.880. The molecule has 0 saturated heterocycles. The molecule has 0 fully saturated rings. The highest BCUT2D eigenvalue weighted by atomic mass is 79.9. The van der Waals surface area contributed by atoms with Crippen molar-refractivity contribution in [1.29, 1.82) is 0 Å². The van der Waals surface area contributed by atoms with Crippen molar-refractivity contribution in [3.63, 3.8) is 0 Å². The molecule has 2 aromatic heterocycles. The van der Waals surface area contributed by atoms with E-state index in [1.165, 1.54) is 11.3 Å². The predicted octanol–water partition coefficient (Wildman–Crippen LogP) is 2.57. The van der Waals surface area contributed by atoms with Crippen LogP contribution in [0.3, 0.4) is 0 Å². The summed E-state index contributed by atoms with van der Waals surface area (Å²) in [6.07, 6.45) is 0. The number of hydrogen-bond acceptors (Lipinski definition) is 5. The fourth-order valence-corrected chi connectivity index (χ4v) is 1.92. The third-order valence-corrected chi connectivity index (χ3v) is 2.65. The van der Waals surface area contributed by atoms with Crippen molar-refractivity contribution >= 4 is 27.3 Å². The largest absolute Gasteiger partial charge is 0.495 e. The van der Waals surface area contributed by atoms with Crippen LogP contribution in [0.2, 0.25) is 0 Å². The molecule has 0 unspecified atom stereocenters. The van der Waals surface area contributed by atoms with Crippen molar-refractivity contribution in [2.24, 2.45) is 0 Å². The van der Waals surface area contributed by atoms with Gasteiger partial charge in [0.05, 0.1) is 7.11 Å². The van der Waals surface area contributed by atoms with Gasteiger partial charge in [0.1, 0.15) is 10.6 Å². The summed E-state index contributed by atoms with van der Waals surface area (Å²) in [7, 11) is 1.61. The fraction of sp³-hybridized carbons (Fsp3) is 0.143. The van der Waals surface area contributed by atoms with Gasteiger partial charge in [0.2, 0.25) is 4.73 Å². The maximum Gasteiger partial charge on any atom is 0.272 e. The molecule has 2 rings (SSSR count). The van der Waals surface area contributed by atoms with Crippen LogP contribution in [0, 0.1) is 0 Å². The van der Waals surface area contributed by atoms with Crippen LogP contribution in [0.25, 0.3) is 10.8 Å². The summed E-state index contributed by atoms with van der Waals surface area (Å²) in [5, 5.41) is 5.54. The summed E-state index contributed by atoms with van der Waals surface area (Å²) in [6.45, 7) is 0. The lowest BCUT2D eigenvalue weighted by Gasteiger charge is -1.95. The van der Waals surface area contributed by atoms with Crippen LogP contribution in [0.4, 0.5) is 0 Å². The van der Waals surface area contributed by atoms with E-state index in [1.807, 2.05) is 11.4 Å². The first kappa shape index (κ1) is 8.71. The van der Waals surface area contributed by atoms with E-state index < -0.39 is 0 Å². The minimum Gasteiger partial charge on any atom is -0.495 e. The van der Waals surface area contributed by atoms with Gasteiger partial charge in [-0.05, 0) is 32.5 Å². The molecule has 2 aromatic rings. The molecule has 2 heterocycles. The highest BCUT2D eigenvalue weighted by molar-refractivity contribution is 9.10. The average Bonchev–Trinajstić information content (AvgIpc) is 2.71. The monoisotopic (exact) mass is 260 g/mol. The van der Waals surface area contributed by atoms with Gasteiger partial charge >= 0.3 is 0 Å². The number of methoxy groups -OCH3 is 1. The quantitative estimate of drug-likeness (QED) is 0.833. The second kappa shape index (κ2) is 3.47. The molecule has 13 heavy (non-hydrogen) atoms. The molecule has 0 aliphatic heterocycles. The molecule has 0 aromatic carbocycles. The zero-order chi connectivity index (χ0) is 9.26. The van der Waals surface area contributed by atoms with E-state index in [2.05, 4.69) is 26.1 Å². The Morgan fingerprint density at radius 3 is 3.08 bits per heavy atom. The predicted molar refractivity (Wildman–Crippen MR) is 51.9 cm³/mol. The lowest BCUT2D eigenvalue weighted by atomic mass is 10.4. The molecule has 0 spiro atoms. The summed E-state index contributed by atoms with van der Waals surface area (Å²) in [5.41, 5.74) is 0. The smallest absolute Gasteiger partial charge is 0.272 e. The van der Waals surface area contributed by atoms with Gasteiger partial charge in [0.25, 0.3) is 5.89 Å². The van der Waals surface area contributed by atoms with Gasteiger partial charge < -0.3 is 9.26 Å². The van der Waals surface area contributed by atoms with Crippen molar-refractivity contribution in [2.75, 3.05) is 7.11 Å². The Morgan fingerprint density at radius 1 is 1.62 bits per heavy atom. The number of halogens is 1. The van der Waals surface area contributed by atoms with Crippen molar-refractivity contribution < 1.29 is 9.26 Å². The highest BCUT2D eigenvalue weighted by Crippen LogP contribution is 2.34. The Labute approximate surface area is 86.7 Å². The maximum atomic E-state index is 5.12. The van der Waals surface area contributed by atoms with E-state index in [1.54, 1.807) is 7.11 Å². The molecule has 6 heteroatoms. The van der Waals surface area contributed by atoms with E-state index in [0.717, 1.165) is 10.6 Å². The van der Waals surface area contributed by atoms with E-state index in [9.17, 15) is 0 Å². The normalized spacial score (nSPS) is 10.3. The fourth-order valence-electron chi connectivity index (χ4n) is 0.912. The van der Waals surface area contributed by atoms with Gasteiger partial charge in [0, 0.05) is 0 Å². The van der Waals surface area contributed by atoms with E-state index in [-0.39, 0.29) is 0 Å². The molecule has 0 atom stereocenters.